The molecule has 2 rings (SSSR count). The van der Waals surface area contributed by atoms with Crippen LogP contribution in [-0.2, 0) is 0 Å². The highest BCUT2D eigenvalue weighted by Crippen LogP contribution is 2.09. The summed E-state index contributed by atoms with van der Waals surface area (Å²) in [6.45, 7) is 0. The van der Waals surface area contributed by atoms with Crippen LogP contribution < -0.4 is 10.9 Å². The van der Waals surface area contributed by atoms with Crippen molar-refractivity contribution in [1.82, 2.24) is 15.0 Å². The Kier molecular flexibility index (Phi) is 3.27. The van der Waals surface area contributed by atoms with Crippen LogP contribution >= 0.6 is 11.6 Å². The highest BCUT2D eigenvalue weighted by atomic mass is 35.5. The number of amides is 1. The van der Waals surface area contributed by atoms with Crippen LogP contribution in [0, 0.1) is 0 Å². The number of halogens is 1. The van der Waals surface area contributed by atoms with Gasteiger partial charge in [0.2, 0.25) is 0 Å². The zero-order chi connectivity index (χ0) is 12.3. The molecule has 2 aromatic rings. The molecule has 0 aliphatic carbocycles. The van der Waals surface area contributed by atoms with E-state index < -0.39 is 5.91 Å². The molecule has 0 atom stereocenters. The number of aromatic nitrogens is 3. The molecule has 0 aromatic carbocycles. The van der Waals surface area contributed by atoms with Crippen LogP contribution in [0.3, 0.4) is 0 Å². The van der Waals surface area contributed by atoms with Crippen LogP contribution in [0.1, 0.15) is 10.5 Å². The number of anilines is 1. The molecule has 0 spiro atoms. The van der Waals surface area contributed by atoms with Crippen molar-refractivity contribution in [1.29, 1.82) is 0 Å². The molecule has 7 heteroatoms. The van der Waals surface area contributed by atoms with Gasteiger partial charge >= 0.3 is 0 Å². The molecule has 0 radical (unpaired) electrons. The topological polar surface area (TPSA) is 85.0 Å². The van der Waals surface area contributed by atoms with Gasteiger partial charge < -0.3 is 0 Å². The first kappa shape index (κ1) is 11.4. The fourth-order valence-corrected chi connectivity index (χ4v) is 1.32. The fourth-order valence-electron chi connectivity index (χ4n) is 1.17. The molecule has 0 bridgehead atoms. The second-order valence-corrected chi connectivity index (χ2v) is 3.48. The largest absolute Gasteiger partial charge is 0.294 e. The Balaban J connectivity index is 2.27. The van der Waals surface area contributed by atoms with Gasteiger partial charge in [0.1, 0.15) is 16.7 Å². The number of pyridine rings is 1. The van der Waals surface area contributed by atoms with Crippen molar-refractivity contribution in [2.45, 2.75) is 0 Å². The summed E-state index contributed by atoms with van der Waals surface area (Å²) in [5.74, 6) is 5.42. The van der Waals surface area contributed by atoms with E-state index in [2.05, 4.69) is 15.0 Å². The van der Waals surface area contributed by atoms with E-state index in [1.807, 2.05) is 0 Å². The van der Waals surface area contributed by atoms with Crippen molar-refractivity contribution in [2.24, 2.45) is 5.84 Å². The molecular weight excluding hydrogens is 242 g/mol. The van der Waals surface area contributed by atoms with Gasteiger partial charge in [0, 0.05) is 6.20 Å². The third-order valence-corrected chi connectivity index (χ3v) is 2.12. The Morgan fingerprint density at radius 2 is 2.18 bits per heavy atom. The minimum Gasteiger partial charge on any atom is -0.265 e. The average Bonchev–Trinajstić information content (AvgIpc) is 2.38. The van der Waals surface area contributed by atoms with Gasteiger partial charge in [-0.2, -0.15) is 0 Å². The molecule has 0 saturated carbocycles. The van der Waals surface area contributed by atoms with Gasteiger partial charge in [0.15, 0.2) is 0 Å². The maximum absolute atomic E-state index is 11.9. The summed E-state index contributed by atoms with van der Waals surface area (Å²) in [5.41, 5.74) is 0.0608. The molecule has 17 heavy (non-hydrogen) atoms. The second kappa shape index (κ2) is 4.86. The Bertz CT molecular complexity index is 533. The van der Waals surface area contributed by atoms with E-state index in [0.29, 0.717) is 5.82 Å². The number of rotatable bonds is 2. The number of nitrogens with zero attached hydrogens (tertiary/aromatic N) is 4. The molecule has 0 unspecified atom stereocenters. The van der Waals surface area contributed by atoms with Crippen molar-refractivity contribution in [3.05, 3.63) is 47.6 Å². The molecule has 2 heterocycles. The minimum absolute atomic E-state index is 0.0608. The minimum atomic E-state index is -0.529. The van der Waals surface area contributed by atoms with Crippen molar-refractivity contribution in [2.75, 3.05) is 5.01 Å². The van der Waals surface area contributed by atoms with Crippen LogP contribution in [0.4, 0.5) is 5.82 Å². The molecule has 2 N–H and O–H groups in total. The van der Waals surface area contributed by atoms with Crippen LogP contribution in [0.25, 0.3) is 0 Å². The van der Waals surface area contributed by atoms with Gasteiger partial charge in [0.25, 0.3) is 5.91 Å². The summed E-state index contributed by atoms with van der Waals surface area (Å²) in [7, 11) is 0. The molecule has 0 saturated heterocycles. The lowest BCUT2D eigenvalue weighted by Gasteiger charge is -2.14. The van der Waals surface area contributed by atoms with E-state index in [4.69, 9.17) is 17.4 Å². The highest BCUT2D eigenvalue weighted by molar-refractivity contribution is 6.29. The molecule has 0 aliphatic rings. The van der Waals surface area contributed by atoms with Gasteiger partial charge in [-0.05, 0) is 12.1 Å². The molecule has 0 aliphatic heterocycles. The number of hydrazine groups is 1. The quantitative estimate of drug-likeness (QED) is 0.488. The predicted octanol–water partition coefficient (Wildman–Crippen LogP) is 1.05. The van der Waals surface area contributed by atoms with Crippen molar-refractivity contribution in [3.63, 3.8) is 0 Å². The van der Waals surface area contributed by atoms with E-state index in [9.17, 15) is 4.79 Å². The molecule has 2 aromatic heterocycles. The van der Waals surface area contributed by atoms with Crippen LogP contribution in [-0.4, -0.2) is 20.9 Å². The number of hydrogen-bond acceptors (Lipinski definition) is 5. The molecule has 1 amide bonds. The molecule has 86 valence electrons. The third kappa shape index (κ3) is 2.55. The van der Waals surface area contributed by atoms with Crippen LogP contribution in [0.5, 0.6) is 0 Å². The maximum Gasteiger partial charge on any atom is 0.294 e. The van der Waals surface area contributed by atoms with Gasteiger partial charge in [-0.3, -0.25) is 9.78 Å². The lowest BCUT2D eigenvalue weighted by molar-refractivity contribution is 0.0981. The van der Waals surface area contributed by atoms with Crippen LogP contribution in [0.15, 0.2) is 36.8 Å². The number of carbonyl (C=O) groups is 1. The van der Waals surface area contributed by atoms with E-state index in [-0.39, 0.29) is 10.8 Å². The summed E-state index contributed by atoms with van der Waals surface area (Å²) in [5, 5.41) is 1.02. The zero-order valence-electron chi connectivity index (χ0n) is 8.62. The van der Waals surface area contributed by atoms with Gasteiger partial charge in [-0.15, -0.1) is 0 Å². The first-order valence-electron chi connectivity index (χ1n) is 4.66. The first-order chi connectivity index (χ1) is 8.18. The van der Waals surface area contributed by atoms with E-state index >= 15 is 0 Å². The van der Waals surface area contributed by atoms with E-state index in [1.54, 1.807) is 18.2 Å². The molecular formula is C10H8ClN5O. The predicted molar refractivity (Wildman–Crippen MR) is 62.3 cm³/mol. The Labute approximate surface area is 102 Å². The maximum atomic E-state index is 11.9. The normalized spacial score (nSPS) is 10.0. The van der Waals surface area contributed by atoms with E-state index in [1.165, 1.54) is 18.6 Å². The van der Waals surface area contributed by atoms with Gasteiger partial charge in [-0.1, -0.05) is 17.7 Å². The zero-order valence-corrected chi connectivity index (χ0v) is 9.37. The van der Waals surface area contributed by atoms with Crippen molar-refractivity contribution < 1.29 is 4.79 Å². The lowest BCUT2D eigenvalue weighted by Crippen LogP contribution is -2.38. The highest BCUT2D eigenvalue weighted by Gasteiger charge is 2.17. The molecule has 6 nitrogen and oxygen atoms in total. The van der Waals surface area contributed by atoms with Gasteiger partial charge in [-0.25, -0.2) is 20.8 Å². The number of hydrogen-bond donors (Lipinski definition) is 1. The second-order valence-electron chi connectivity index (χ2n) is 3.09. The van der Waals surface area contributed by atoms with Crippen molar-refractivity contribution in [3.8, 4) is 0 Å². The summed E-state index contributed by atoms with van der Waals surface area (Å²) in [6, 6.07) is 5.05. The van der Waals surface area contributed by atoms with Crippen LogP contribution in [0.2, 0.25) is 5.15 Å². The SMILES string of the molecule is NN(C(=O)c1cncc(Cl)n1)c1ccccn1. The average molecular weight is 250 g/mol. The van der Waals surface area contributed by atoms with E-state index in [0.717, 1.165) is 5.01 Å². The summed E-state index contributed by atoms with van der Waals surface area (Å²) >= 11 is 5.64. The number of nitrogens with two attached hydrogens (primary N) is 1. The molecule has 0 fully saturated rings. The smallest absolute Gasteiger partial charge is 0.265 e. The fraction of sp³-hybridized carbons (Fsp3) is 0. The first-order valence-corrected chi connectivity index (χ1v) is 5.04. The third-order valence-electron chi connectivity index (χ3n) is 1.94. The summed E-state index contributed by atoms with van der Waals surface area (Å²) < 4.78 is 0. The Hall–Kier alpha value is -2.05. The van der Waals surface area contributed by atoms with Gasteiger partial charge in [0.05, 0.1) is 12.4 Å². The standard InChI is InChI=1S/C10H8ClN5O/c11-8-6-13-5-7(15-8)10(17)16(12)9-3-1-2-4-14-9/h1-6H,12H2. The Morgan fingerprint density at radius 3 is 2.82 bits per heavy atom. The monoisotopic (exact) mass is 249 g/mol. The van der Waals surface area contributed by atoms with Crippen molar-refractivity contribution >= 4 is 23.3 Å². The number of carbonyl (C=O) groups excluding carboxylic acids is 1. The summed E-state index contributed by atoms with van der Waals surface area (Å²) in [6.07, 6.45) is 4.16. The lowest BCUT2D eigenvalue weighted by atomic mass is 10.4. The Morgan fingerprint density at radius 1 is 1.35 bits per heavy atom. The summed E-state index contributed by atoms with van der Waals surface area (Å²) in [4.78, 5) is 23.4.